The molecule has 1 N–H and O–H groups in total. The monoisotopic (exact) mass is 415 g/mol. The fourth-order valence-electron chi connectivity index (χ4n) is 3.39. The van der Waals surface area contributed by atoms with E-state index >= 15 is 0 Å². The first-order valence-corrected chi connectivity index (χ1v) is 11.7. The number of carbonyl (C=O) groups excluding carboxylic acids is 1. The molecular weight excluding hydrogens is 386 g/mol. The van der Waals surface area contributed by atoms with Crippen molar-refractivity contribution in [2.45, 2.75) is 39.7 Å². The fourth-order valence-corrected chi connectivity index (χ4v) is 4.02. The van der Waals surface area contributed by atoms with Gasteiger partial charge in [-0.05, 0) is 48.6 Å². The molecule has 0 aliphatic carbocycles. The van der Waals surface area contributed by atoms with E-state index in [4.69, 9.17) is 0 Å². The SMILES string of the molecule is CCS(=O)(=O)Nc1cccc(N2CCCN(Cc3ccc(C(C)C)cc3)C2=O)c1. The van der Waals surface area contributed by atoms with Gasteiger partial charge >= 0.3 is 6.03 Å². The molecule has 1 aliphatic rings. The third-order valence-corrected chi connectivity index (χ3v) is 6.45. The predicted molar refractivity (Wildman–Crippen MR) is 118 cm³/mol. The number of rotatable bonds is 7. The summed E-state index contributed by atoms with van der Waals surface area (Å²) in [6, 6.07) is 15.4. The second-order valence-corrected chi connectivity index (χ2v) is 9.67. The van der Waals surface area contributed by atoms with E-state index in [2.05, 4.69) is 42.8 Å². The molecule has 0 saturated carbocycles. The first-order chi connectivity index (χ1) is 13.8. The van der Waals surface area contributed by atoms with Gasteiger partial charge in [-0.1, -0.05) is 44.2 Å². The van der Waals surface area contributed by atoms with Gasteiger partial charge in [-0.3, -0.25) is 9.62 Å². The normalized spacial score (nSPS) is 15.1. The van der Waals surface area contributed by atoms with Gasteiger partial charge in [0.2, 0.25) is 10.0 Å². The van der Waals surface area contributed by atoms with Gasteiger partial charge in [-0.2, -0.15) is 0 Å². The molecule has 1 fully saturated rings. The number of nitrogens with one attached hydrogen (secondary N) is 1. The third kappa shape index (κ3) is 5.29. The molecule has 7 heteroatoms. The average Bonchev–Trinajstić information content (AvgIpc) is 2.70. The quantitative estimate of drug-likeness (QED) is 0.728. The summed E-state index contributed by atoms with van der Waals surface area (Å²) in [7, 11) is -3.36. The number of carbonyl (C=O) groups is 1. The lowest BCUT2D eigenvalue weighted by Gasteiger charge is -2.36. The van der Waals surface area contributed by atoms with Gasteiger partial charge in [0.15, 0.2) is 0 Å². The van der Waals surface area contributed by atoms with Crippen LogP contribution < -0.4 is 9.62 Å². The van der Waals surface area contributed by atoms with Gasteiger partial charge in [-0.25, -0.2) is 13.2 Å². The van der Waals surface area contributed by atoms with Crippen LogP contribution >= 0.6 is 0 Å². The molecule has 3 rings (SSSR count). The highest BCUT2D eigenvalue weighted by atomic mass is 32.2. The van der Waals surface area contributed by atoms with Crippen molar-refractivity contribution in [2.75, 3.05) is 28.5 Å². The number of hydrogen-bond acceptors (Lipinski definition) is 3. The fraction of sp³-hybridized carbons (Fsp3) is 0.409. The molecule has 0 atom stereocenters. The Morgan fingerprint density at radius 3 is 2.45 bits per heavy atom. The minimum atomic E-state index is -3.36. The maximum Gasteiger partial charge on any atom is 0.324 e. The highest BCUT2D eigenvalue weighted by Gasteiger charge is 2.27. The van der Waals surface area contributed by atoms with Crippen LogP contribution in [0.25, 0.3) is 0 Å². The van der Waals surface area contributed by atoms with Crippen LogP contribution in [0.1, 0.15) is 44.2 Å². The van der Waals surface area contributed by atoms with Crippen molar-refractivity contribution in [3.05, 3.63) is 59.7 Å². The number of hydrogen-bond donors (Lipinski definition) is 1. The Morgan fingerprint density at radius 1 is 1.07 bits per heavy atom. The lowest BCUT2D eigenvalue weighted by molar-refractivity contribution is 0.192. The van der Waals surface area contributed by atoms with Crippen LogP contribution in [0.5, 0.6) is 0 Å². The summed E-state index contributed by atoms with van der Waals surface area (Å²) >= 11 is 0. The molecule has 2 aromatic rings. The molecule has 2 amide bonds. The lowest BCUT2D eigenvalue weighted by atomic mass is 10.0. The van der Waals surface area contributed by atoms with Gasteiger partial charge in [0.25, 0.3) is 0 Å². The molecule has 156 valence electrons. The standard InChI is InChI=1S/C22H29N3O3S/c1-4-29(27,28)23-20-7-5-8-21(15-20)25-14-6-13-24(22(25)26)16-18-9-11-19(12-10-18)17(2)3/h5,7-12,15,17,23H,4,6,13-14,16H2,1-3H3. The molecule has 0 spiro atoms. The number of nitrogens with zero attached hydrogens (tertiary/aromatic N) is 2. The molecule has 1 aliphatic heterocycles. The molecule has 6 nitrogen and oxygen atoms in total. The van der Waals surface area contributed by atoms with E-state index in [0.717, 1.165) is 12.0 Å². The summed E-state index contributed by atoms with van der Waals surface area (Å²) < 4.78 is 26.2. The maximum absolute atomic E-state index is 13.1. The van der Waals surface area contributed by atoms with Gasteiger partial charge < -0.3 is 4.90 Å². The van der Waals surface area contributed by atoms with Crippen LogP contribution in [-0.2, 0) is 16.6 Å². The second-order valence-electron chi connectivity index (χ2n) is 7.66. The Bertz CT molecular complexity index is 956. The first kappa shape index (κ1) is 21.2. The van der Waals surface area contributed by atoms with Crippen LogP contribution in [0.2, 0.25) is 0 Å². The van der Waals surface area contributed by atoms with E-state index in [1.807, 2.05) is 11.0 Å². The zero-order chi connectivity index (χ0) is 21.0. The van der Waals surface area contributed by atoms with Crippen LogP contribution in [0.3, 0.4) is 0 Å². The van der Waals surface area contributed by atoms with E-state index < -0.39 is 10.0 Å². The van der Waals surface area contributed by atoms with Gasteiger partial charge in [-0.15, -0.1) is 0 Å². The zero-order valence-electron chi connectivity index (χ0n) is 17.3. The summed E-state index contributed by atoms with van der Waals surface area (Å²) in [5, 5.41) is 0. The van der Waals surface area contributed by atoms with Crippen molar-refractivity contribution in [3.63, 3.8) is 0 Å². The molecule has 0 radical (unpaired) electrons. The highest BCUT2D eigenvalue weighted by Crippen LogP contribution is 2.25. The van der Waals surface area contributed by atoms with Crippen molar-refractivity contribution >= 4 is 27.4 Å². The largest absolute Gasteiger partial charge is 0.324 e. The van der Waals surface area contributed by atoms with Crippen molar-refractivity contribution < 1.29 is 13.2 Å². The van der Waals surface area contributed by atoms with Crippen LogP contribution in [0.15, 0.2) is 48.5 Å². The molecule has 29 heavy (non-hydrogen) atoms. The average molecular weight is 416 g/mol. The van der Waals surface area contributed by atoms with E-state index in [9.17, 15) is 13.2 Å². The molecule has 1 saturated heterocycles. The highest BCUT2D eigenvalue weighted by molar-refractivity contribution is 7.92. The molecule has 2 aromatic carbocycles. The number of sulfonamides is 1. The first-order valence-electron chi connectivity index (χ1n) is 10.0. The number of urea groups is 1. The van der Waals surface area contributed by atoms with Crippen LogP contribution in [0, 0.1) is 0 Å². The zero-order valence-corrected chi connectivity index (χ0v) is 18.1. The Labute approximate surface area is 173 Å². The van der Waals surface area contributed by atoms with Gasteiger partial charge in [0, 0.05) is 25.3 Å². The Hall–Kier alpha value is -2.54. The van der Waals surface area contributed by atoms with Crippen molar-refractivity contribution in [2.24, 2.45) is 0 Å². The summed E-state index contributed by atoms with van der Waals surface area (Å²) in [5.41, 5.74) is 3.56. The Balaban J connectivity index is 1.74. The minimum absolute atomic E-state index is 0.00322. The van der Waals surface area contributed by atoms with E-state index in [1.165, 1.54) is 5.56 Å². The smallest absolute Gasteiger partial charge is 0.320 e. The summed E-state index contributed by atoms with van der Waals surface area (Å²) in [5.74, 6) is 0.483. The van der Waals surface area contributed by atoms with E-state index in [1.54, 1.807) is 30.0 Å². The second kappa shape index (κ2) is 8.86. The molecule has 1 heterocycles. The lowest BCUT2D eigenvalue weighted by Crippen LogP contribution is -2.49. The Morgan fingerprint density at radius 2 is 1.79 bits per heavy atom. The summed E-state index contributed by atoms with van der Waals surface area (Å²) in [6.07, 6.45) is 0.862. The molecular formula is C22H29N3O3S. The molecule has 0 bridgehead atoms. The Kier molecular flexibility index (Phi) is 6.47. The predicted octanol–water partition coefficient (Wildman–Crippen LogP) is 4.40. The molecule has 0 aromatic heterocycles. The van der Waals surface area contributed by atoms with Gasteiger partial charge in [0.05, 0.1) is 11.4 Å². The molecule has 0 unspecified atom stereocenters. The minimum Gasteiger partial charge on any atom is -0.320 e. The van der Waals surface area contributed by atoms with Crippen LogP contribution in [-0.4, -0.2) is 38.2 Å². The maximum atomic E-state index is 13.1. The topological polar surface area (TPSA) is 69.7 Å². The number of anilines is 2. The van der Waals surface area contributed by atoms with Crippen molar-refractivity contribution in [3.8, 4) is 0 Å². The van der Waals surface area contributed by atoms with E-state index in [-0.39, 0.29) is 11.8 Å². The van der Waals surface area contributed by atoms with Gasteiger partial charge in [0.1, 0.15) is 0 Å². The summed E-state index contributed by atoms with van der Waals surface area (Å²) in [6.45, 7) is 7.81. The number of amides is 2. The number of benzene rings is 2. The van der Waals surface area contributed by atoms with Crippen molar-refractivity contribution in [1.82, 2.24) is 4.90 Å². The van der Waals surface area contributed by atoms with Crippen molar-refractivity contribution in [1.29, 1.82) is 0 Å². The third-order valence-electron chi connectivity index (χ3n) is 5.14. The van der Waals surface area contributed by atoms with Crippen LogP contribution in [0.4, 0.5) is 16.2 Å². The summed E-state index contributed by atoms with van der Waals surface area (Å²) in [4.78, 5) is 16.6. The van der Waals surface area contributed by atoms with E-state index in [0.29, 0.717) is 36.9 Å².